The van der Waals surface area contributed by atoms with E-state index >= 15 is 0 Å². The predicted octanol–water partition coefficient (Wildman–Crippen LogP) is 4.29. The van der Waals surface area contributed by atoms with Crippen molar-refractivity contribution in [1.82, 2.24) is 4.90 Å². The van der Waals surface area contributed by atoms with Crippen LogP contribution in [0.2, 0.25) is 0 Å². The van der Waals surface area contributed by atoms with Crippen LogP contribution in [0.15, 0.2) is 54.6 Å². The molecule has 4 rings (SSSR count). The summed E-state index contributed by atoms with van der Waals surface area (Å²) in [4.78, 5) is 16.8. The third-order valence-corrected chi connectivity index (χ3v) is 6.32. The van der Waals surface area contributed by atoms with Crippen molar-refractivity contribution >= 4 is 11.8 Å². The van der Waals surface area contributed by atoms with E-state index in [1.165, 1.54) is 0 Å². The van der Waals surface area contributed by atoms with E-state index in [4.69, 9.17) is 4.74 Å². The summed E-state index contributed by atoms with van der Waals surface area (Å²) in [6.45, 7) is 0.283. The van der Waals surface area contributed by atoms with Crippen molar-refractivity contribution in [3.05, 3.63) is 65.7 Å². The molecule has 2 aliphatic rings. The third-order valence-electron chi connectivity index (χ3n) is 6.32. The summed E-state index contributed by atoms with van der Waals surface area (Å²) < 4.78 is 5.63. The van der Waals surface area contributed by atoms with Crippen LogP contribution in [0.3, 0.4) is 0 Å². The number of carbonyl (C=O) groups excluding carboxylic acids is 1. The first kappa shape index (κ1) is 19.8. The Morgan fingerprint density at radius 3 is 2.45 bits per heavy atom. The number of hydrogen-bond donors (Lipinski definition) is 1. The number of benzene rings is 2. The summed E-state index contributed by atoms with van der Waals surface area (Å²) >= 11 is 0. The summed E-state index contributed by atoms with van der Waals surface area (Å²) in [5.41, 5.74) is 2.10. The maximum Gasteiger partial charge on any atom is 0.410 e. The number of piperidine rings is 2. The zero-order chi connectivity index (χ0) is 20.4. The van der Waals surface area contributed by atoms with Gasteiger partial charge in [0.05, 0.1) is 5.60 Å². The maximum atomic E-state index is 12.9. The van der Waals surface area contributed by atoms with Gasteiger partial charge in [-0.25, -0.2) is 4.79 Å². The van der Waals surface area contributed by atoms with Gasteiger partial charge in [0, 0.05) is 44.7 Å². The van der Waals surface area contributed by atoms with Crippen LogP contribution in [0.5, 0.6) is 0 Å². The zero-order valence-electron chi connectivity index (χ0n) is 17.3. The molecule has 1 amide bonds. The number of anilines is 1. The fourth-order valence-electron chi connectivity index (χ4n) is 4.83. The molecule has 2 unspecified atom stereocenters. The van der Waals surface area contributed by atoms with Gasteiger partial charge in [0.2, 0.25) is 0 Å². The van der Waals surface area contributed by atoms with Gasteiger partial charge in [0.15, 0.2) is 0 Å². The Morgan fingerprint density at radius 1 is 1.10 bits per heavy atom. The van der Waals surface area contributed by atoms with E-state index < -0.39 is 5.60 Å². The van der Waals surface area contributed by atoms with Gasteiger partial charge in [-0.15, -0.1) is 0 Å². The Bertz CT molecular complexity index is 838. The third kappa shape index (κ3) is 4.10. The molecule has 29 heavy (non-hydrogen) atoms. The molecule has 5 nitrogen and oxygen atoms in total. The molecule has 0 aliphatic carbocycles. The largest absolute Gasteiger partial charge is 0.445 e. The smallest absolute Gasteiger partial charge is 0.410 e. The van der Waals surface area contributed by atoms with Gasteiger partial charge in [-0.1, -0.05) is 42.5 Å². The van der Waals surface area contributed by atoms with Crippen LogP contribution in [0.4, 0.5) is 10.5 Å². The van der Waals surface area contributed by atoms with Crippen LogP contribution < -0.4 is 4.90 Å². The fourth-order valence-corrected chi connectivity index (χ4v) is 4.83. The van der Waals surface area contributed by atoms with Crippen molar-refractivity contribution in [2.45, 2.75) is 56.4 Å². The highest BCUT2D eigenvalue weighted by Gasteiger charge is 2.48. The lowest BCUT2D eigenvalue weighted by Crippen LogP contribution is -2.58. The van der Waals surface area contributed by atoms with E-state index in [-0.39, 0.29) is 24.8 Å². The predicted molar refractivity (Wildman–Crippen MR) is 114 cm³/mol. The molecule has 2 aromatic rings. The highest BCUT2D eigenvalue weighted by molar-refractivity contribution is 5.69. The molecule has 0 radical (unpaired) electrons. The van der Waals surface area contributed by atoms with E-state index in [9.17, 15) is 9.90 Å². The number of fused-ring (bicyclic) bond motifs is 2. The number of nitrogens with zero attached hydrogens (tertiary/aromatic N) is 2. The van der Waals surface area contributed by atoms with Crippen LogP contribution in [0, 0.1) is 0 Å². The van der Waals surface area contributed by atoms with Gasteiger partial charge in [-0.2, -0.15) is 0 Å². The first-order chi connectivity index (χ1) is 14.0. The van der Waals surface area contributed by atoms with E-state index in [1.54, 1.807) is 0 Å². The number of ether oxygens (including phenoxy) is 1. The minimum Gasteiger partial charge on any atom is -0.445 e. The molecule has 5 heteroatoms. The lowest BCUT2D eigenvalue weighted by molar-refractivity contribution is -0.0896. The van der Waals surface area contributed by atoms with Crippen LogP contribution in [0.25, 0.3) is 0 Å². The van der Waals surface area contributed by atoms with Crippen molar-refractivity contribution in [2.75, 3.05) is 19.0 Å². The second kappa shape index (κ2) is 8.07. The summed E-state index contributed by atoms with van der Waals surface area (Å²) in [6.07, 6.45) is 3.76. The molecular weight excluding hydrogens is 364 g/mol. The van der Waals surface area contributed by atoms with Crippen molar-refractivity contribution in [2.24, 2.45) is 0 Å². The molecule has 0 spiro atoms. The first-order valence-corrected chi connectivity index (χ1v) is 10.5. The Labute approximate surface area is 172 Å². The molecular formula is C24H30N2O3. The normalized spacial score (nSPS) is 26.1. The molecule has 0 aromatic heterocycles. The van der Waals surface area contributed by atoms with Crippen LogP contribution in [-0.4, -0.2) is 42.3 Å². The average molecular weight is 395 g/mol. The summed E-state index contributed by atoms with van der Waals surface area (Å²) in [5, 5.41) is 11.6. The molecule has 1 N–H and O–H groups in total. The lowest BCUT2D eigenvalue weighted by atomic mass is 9.72. The zero-order valence-corrected chi connectivity index (χ0v) is 17.3. The monoisotopic (exact) mass is 394 g/mol. The van der Waals surface area contributed by atoms with E-state index in [2.05, 4.69) is 6.07 Å². The SMILES string of the molecule is CN(C)c1cccc(C2(O)CC3CCCC(C2)N3C(=O)OCc2ccccc2)c1. The summed E-state index contributed by atoms with van der Waals surface area (Å²) in [7, 11) is 4.01. The maximum absolute atomic E-state index is 12.9. The van der Waals surface area contributed by atoms with E-state index in [0.29, 0.717) is 12.8 Å². The Balaban J connectivity index is 1.50. The molecule has 2 bridgehead atoms. The molecule has 2 saturated heterocycles. The van der Waals surface area contributed by atoms with E-state index in [1.807, 2.05) is 72.4 Å². The summed E-state index contributed by atoms with van der Waals surface area (Å²) in [6, 6.07) is 17.9. The molecule has 2 fully saturated rings. The van der Waals surface area contributed by atoms with Crippen LogP contribution in [0.1, 0.15) is 43.2 Å². The highest BCUT2D eigenvalue weighted by Crippen LogP contribution is 2.45. The van der Waals surface area contributed by atoms with E-state index in [0.717, 1.165) is 36.1 Å². The van der Waals surface area contributed by atoms with Crippen LogP contribution in [-0.2, 0) is 16.9 Å². The molecule has 154 valence electrons. The Kier molecular flexibility index (Phi) is 5.50. The van der Waals surface area contributed by atoms with Gasteiger partial charge in [0.1, 0.15) is 6.61 Å². The van der Waals surface area contributed by atoms with Gasteiger partial charge >= 0.3 is 6.09 Å². The second-order valence-electron chi connectivity index (χ2n) is 8.57. The minimum absolute atomic E-state index is 0.0128. The number of carbonyl (C=O) groups is 1. The summed E-state index contributed by atoms with van der Waals surface area (Å²) in [5.74, 6) is 0. The molecule has 2 atom stereocenters. The van der Waals surface area contributed by atoms with Crippen molar-refractivity contribution in [1.29, 1.82) is 0 Å². The minimum atomic E-state index is -0.905. The number of rotatable bonds is 4. The Hall–Kier alpha value is -2.53. The fraction of sp³-hybridized carbons (Fsp3) is 0.458. The van der Waals surface area contributed by atoms with Gasteiger partial charge in [0.25, 0.3) is 0 Å². The molecule has 2 aliphatic heterocycles. The van der Waals surface area contributed by atoms with Crippen molar-refractivity contribution in [3.63, 3.8) is 0 Å². The van der Waals surface area contributed by atoms with Gasteiger partial charge in [-0.3, -0.25) is 0 Å². The second-order valence-corrected chi connectivity index (χ2v) is 8.57. The average Bonchev–Trinajstić information content (AvgIpc) is 2.72. The topological polar surface area (TPSA) is 53.0 Å². The Morgan fingerprint density at radius 2 is 1.79 bits per heavy atom. The van der Waals surface area contributed by atoms with Crippen molar-refractivity contribution in [3.8, 4) is 0 Å². The molecule has 0 saturated carbocycles. The molecule has 2 aromatic carbocycles. The van der Waals surface area contributed by atoms with Crippen LogP contribution >= 0.6 is 0 Å². The number of aliphatic hydroxyl groups is 1. The first-order valence-electron chi connectivity index (χ1n) is 10.5. The number of hydrogen-bond acceptors (Lipinski definition) is 4. The standard InChI is InChI=1S/C24H30N2O3/c1-25(2)20-11-6-10-19(14-20)24(28)15-21-12-7-13-22(16-24)26(21)23(27)29-17-18-8-4-3-5-9-18/h3-6,8-11,14,21-22,28H,7,12-13,15-17H2,1-2H3. The lowest BCUT2D eigenvalue weighted by Gasteiger charge is -2.51. The highest BCUT2D eigenvalue weighted by atomic mass is 16.6. The van der Waals surface area contributed by atoms with Crippen molar-refractivity contribution < 1.29 is 14.6 Å². The van der Waals surface area contributed by atoms with Gasteiger partial charge < -0.3 is 19.6 Å². The number of amides is 1. The molecule has 2 heterocycles. The van der Waals surface area contributed by atoms with Gasteiger partial charge in [-0.05, 0) is 42.5 Å². The quantitative estimate of drug-likeness (QED) is 0.840.